The van der Waals surface area contributed by atoms with E-state index in [1.165, 1.54) is 18.2 Å². The molecule has 9 nitrogen and oxygen atoms in total. The lowest BCUT2D eigenvalue weighted by Crippen LogP contribution is -2.21. The number of anilines is 2. The molecular weight excluding hydrogens is 400 g/mol. The third-order valence-electron chi connectivity index (χ3n) is 3.84. The van der Waals surface area contributed by atoms with Crippen LogP contribution >= 0.6 is 0 Å². The monoisotopic (exact) mass is 422 g/mol. The molecule has 0 heterocycles. The summed E-state index contributed by atoms with van der Waals surface area (Å²) in [5.74, 6) is -2.34. The van der Waals surface area contributed by atoms with E-state index in [9.17, 15) is 23.1 Å². The molecule has 4 N–H and O–H groups in total. The maximum Gasteiger partial charge on any atom is 0.394 e. The van der Waals surface area contributed by atoms with Crippen molar-refractivity contribution in [1.29, 1.82) is 0 Å². The second-order valence-corrected chi connectivity index (χ2v) is 8.24. The second-order valence-electron chi connectivity index (χ2n) is 6.40. The van der Waals surface area contributed by atoms with Gasteiger partial charge in [0, 0.05) is 11.8 Å². The number of nitrogens with one attached hydrogen (secondary N) is 2. The van der Waals surface area contributed by atoms with Crippen LogP contribution in [0.1, 0.15) is 24.5 Å². The summed E-state index contributed by atoms with van der Waals surface area (Å²) in [7, 11) is -3.59. The van der Waals surface area contributed by atoms with Gasteiger partial charge >= 0.3 is 11.9 Å². The number of carboxylic acid groups (broad SMARTS) is 1. The Morgan fingerprint density at radius 1 is 1.10 bits per heavy atom. The first-order valence-corrected chi connectivity index (χ1v) is 10.3. The van der Waals surface area contributed by atoms with Crippen LogP contribution in [0.5, 0.6) is 17.2 Å². The van der Waals surface area contributed by atoms with Crippen LogP contribution in [-0.4, -0.2) is 36.3 Å². The number of carboxylic acids is 1. The number of carbonyl (C=O) groups is 2. The average Bonchev–Trinajstić information content (AvgIpc) is 2.60. The number of aliphatic carboxylic acids is 1. The van der Waals surface area contributed by atoms with Gasteiger partial charge in [-0.05, 0) is 55.7 Å². The summed E-state index contributed by atoms with van der Waals surface area (Å²) < 4.78 is 32.1. The van der Waals surface area contributed by atoms with E-state index < -0.39 is 21.9 Å². The minimum atomic E-state index is -3.59. The topological polar surface area (TPSA) is 142 Å². The summed E-state index contributed by atoms with van der Waals surface area (Å²) in [6.45, 7) is 5.15. The van der Waals surface area contributed by atoms with Gasteiger partial charge in [-0.3, -0.25) is 9.52 Å². The number of amides is 1. The molecule has 10 heteroatoms. The van der Waals surface area contributed by atoms with Crippen LogP contribution in [0.25, 0.3) is 0 Å². The minimum Gasteiger partial charge on any atom is -0.506 e. The molecule has 2 aromatic carbocycles. The number of phenols is 1. The Morgan fingerprint density at radius 2 is 1.72 bits per heavy atom. The van der Waals surface area contributed by atoms with Gasteiger partial charge in [0.1, 0.15) is 17.2 Å². The number of rotatable bonds is 7. The summed E-state index contributed by atoms with van der Waals surface area (Å²) in [5, 5.41) is 20.9. The average molecular weight is 422 g/mol. The van der Waals surface area contributed by atoms with E-state index in [4.69, 9.17) is 9.84 Å². The van der Waals surface area contributed by atoms with Crippen molar-refractivity contribution in [2.24, 2.45) is 0 Å². The van der Waals surface area contributed by atoms with Crippen LogP contribution in [0.3, 0.4) is 0 Å². The molecular formula is C19H22N2O7S. The Labute approximate surface area is 168 Å². The van der Waals surface area contributed by atoms with Gasteiger partial charge < -0.3 is 20.3 Å². The van der Waals surface area contributed by atoms with Gasteiger partial charge in [0.25, 0.3) is 0 Å². The van der Waals surface area contributed by atoms with Crippen molar-refractivity contribution in [1.82, 2.24) is 0 Å². The summed E-state index contributed by atoms with van der Waals surface area (Å²) in [4.78, 5) is 22.0. The quantitative estimate of drug-likeness (QED) is 0.397. The summed E-state index contributed by atoms with van der Waals surface area (Å²) >= 11 is 0. The van der Waals surface area contributed by atoms with Crippen molar-refractivity contribution in [3.8, 4) is 17.2 Å². The van der Waals surface area contributed by atoms with Crippen molar-refractivity contribution in [3.63, 3.8) is 0 Å². The molecule has 0 aliphatic heterocycles. The highest BCUT2D eigenvalue weighted by Gasteiger charge is 2.16. The Hall–Kier alpha value is -3.27. The number of aryl methyl sites for hydroxylation is 2. The van der Waals surface area contributed by atoms with Crippen molar-refractivity contribution in [2.45, 2.75) is 27.2 Å². The van der Waals surface area contributed by atoms with Gasteiger partial charge in [0.15, 0.2) is 0 Å². The number of aromatic hydroxyl groups is 1. The van der Waals surface area contributed by atoms with Crippen LogP contribution in [0.4, 0.5) is 11.4 Å². The summed E-state index contributed by atoms with van der Waals surface area (Å²) in [5.41, 5.74) is 1.54. The summed E-state index contributed by atoms with van der Waals surface area (Å²) in [6, 6.07) is 7.25. The molecule has 0 spiro atoms. The van der Waals surface area contributed by atoms with Crippen LogP contribution in [-0.2, 0) is 19.6 Å². The number of ether oxygens (including phenoxy) is 1. The normalized spacial score (nSPS) is 11.0. The van der Waals surface area contributed by atoms with Crippen LogP contribution in [0.2, 0.25) is 0 Å². The molecule has 0 aliphatic carbocycles. The standard InChI is InChI=1S/C19H22N2O7S/c1-4-7-29(26,27)21-15-10-14(5-6-16(15)22)28-17-11(2)8-13(9-12(17)3)20-18(23)19(24)25/h5-6,8-10,21-22H,4,7H2,1-3H3,(H,20,23)(H,24,25). The maximum atomic E-state index is 12.0. The van der Waals surface area contributed by atoms with Gasteiger partial charge in [-0.2, -0.15) is 0 Å². The van der Waals surface area contributed by atoms with Crippen molar-refractivity contribution in [3.05, 3.63) is 41.5 Å². The minimum absolute atomic E-state index is 0.00315. The molecule has 0 atom stereocenters. The zero-order chi connectivity index (χ0) is 21.8. The van der Waals surface area contributed by atoms with E-state index in [1.807, 2.05) is 0 Å². The molecule has 0 unspecified atom stereocenters. The fraction of sp³-hybridized carbons (Fsp3) is 0.263. The largest absolute Gasteiger partial charge is 0.506 e. The molecule has 1 amide bonds. The molecule has 156 valence electrons. The third-order valence-corrected chi connectivity index (χ3v) is 5.32. The molecule has 0 fully saturated rings. The van der Waals surface area contributed by atoms with Crippen LogP contribution < -0.4 is 14.8 Å². The summed E-state index contributed by atoms with van der Waals surface area (Å²) in [6.07, 6.45) is 0.426. The van der Waals surface area contributed by atoms with Gasteiger partial charge in [-0.15, -0.1) is 0 Å². The SMILES string of the molecule is CCCS(=O)(=O)Nc1cc(Oc2c(C)cc(NC(=O)C(=O)O)cc2C)ccc1O. The Morgan fingerprint density at radius 3 is 2.28 bits per heavy atom. The Balaban J connectivity index is 2.29. The predicted molar refractivity (Wildman–Crippen MR) is 108 cm³/mol. The van der Waals surface area contributed by atoms with E-state index >= 15 is 0 Å². The molecule has 2 aromatic rings. The number of carbonyl (C=O) groups excluding carboxylic acids is 1. The highest BCUT2D eigenvalue weighted by molar-refractivity contribution is 7.92. The lowest BCUT2D eigenvalue weighted by molar-refractivity contribution is -0.147. The molecule has 29 heavy (non-hydrogen) atoms. The smallest absolute Gasteiger partial charge is 0.394 e. The molecule has 0 aliphatic rings. The number of benzene rings is 2. The van der Waals surface area contributed by atoms with E-state index in [2.05, 4.69) is 10.0 Å². The number of hydrogen-bond acceptors (Lipinski definition) is 6. The molecule has 0 bridgehead atoms. The van der Waals surface area contributed by atoms with E-state index in [0.717, 1.165) is 0 Å². The van der Waals surface area contributed by atoms with Gasteiger partial charge in [0.05, 0.1) is 11.4 Å². The van der Waals surface area contributed by atoms with Crippen molar-refractivity contribution < 1.29 is 33.0 Å². The first kappa shape index (κ1) is 22.0. The fourth-order valence-electron chi connectivity index (χ4n) is 2.63. The molecule has 0 saturated carbocycles. The van der Waals surface area contributed by atoms with Crippen molar-refractivity contribution >= 4 is 33.3 Å². The maximum absolute atomic E-state index is 12.0. The van der Waals surface area contributed by atoms with E-state index in [0.29, 0.717) is 29.0 Å². The number of sulfonamides is 1. The fourth-order valence-corrected chi connectivity index (χ4v) is 3.77. The molecule has 0 saturated heterocycles. The van der Waals surface area contributed by atoms with Gasteiger partial charge in [0.2, 0.25) is 10.0 Å². The molecule has 0 radical (unpaired) electrons. The Bertz CT molecular complexity index is 1030. The number of phenolic OH excluding ortho intramolecular Hbond substituents is 1. The highest BCUT2D eigenvalue weighted by atomic mass is 32.2. The van der Waals surface area contributed by atoms with Crippen LogP contribution in [0.15, 0.2) is 30.3 Å². The van der Waals surface area contributed by atoms with E-state index in [1.54, 1.807) is 32.9 Å². The Kier molecular flexibility index (Phi) is 6.70. The van der Waals surface area contributed by atoms with E-state index in [-0.39, 0.29) is 22.9 Å². The lowest BCUT2D eigenvalue weighted by atomic mass is 10.1. The zero-order valence-electron chi connectivity index (χ0n) is 16.1. The van der Waals surface area contributed by atoms with Crippen molar-refractivity contribution in [2.75, 3.05) is 15.8 Å². The second kappa shape index (κ2) is 8.82. The molecule has 2 rings (SSSR count). The first-order chi connectivity index (χ1) is 13.5. The lowest BCUT2D eigenvalue weighted by Gasteiger charge is -2.15. The third kappa shape index (κ3) is 5.85. The van der Waals surface area contributed by atoms with Gasteiger partial charge in [-0.1, -0.05) is 6.92 Å². The highest BCUT2D eigenvalue weighted by Crippen LogP contribution is 2.35. The predicted octanol–water partition coefficient (Wildman–Crippen LogP) is 2.98. The number of hydrogen-bond donors (Lipinski definition) is 4. The van der Waals surface area contributed by atoms with Crippen LogP contribution in [0, 0.1) is 13.8 Å². The van der Waals surface area contributed by atoms with Gasteiger partial charge in [-0.25, -0.2) is 13.2 Å². The molecule has 0 aromatic heterocycles. The zero-order valence-corrected chi connectivity index (χ0v) is 17.0. The first-order valence-electron chi connectivity index (χ1n) is 8.69.